The number of carbonyl (C=O) groups is 2. The Kier molecular flexibility index (Phi) is 3.31. The molecule has 0 radical (unpaired) electrons. The highest BCUT2D eigenvalue weighted by Gasteiger charge is 2.41. The number of hydrogen-bond acceptors (Lipinski definition) is 4. The predicted molar refractivity (Wildman–Crippen MR) is 62.6 cm³/mol. The molecule has 0 spiro atoms. The molecule has 7 heteroatoms. The monoisotopic (exact) mass is 252 g/mol. The van der Waals surface area contributed by atoms with Gasteiger partial charge in [-0.2, -0.15) is 10.1 Å². The normalized spacial score (nSPS) is 27.1. The smallest absolute Gasteiger partial charge is 0.307 e. The molecular weight excluding hydrogens is 236 g/mol. The van der Waals surface area contributed by atoms with E-state index in [1.807, 2.05) is 6.92 Å². The lowest BCUT2D eigenvalue weighted by Crippen LogP contribution is -2.30. The van der Waals surface area contributed by atoms with E-state index in [0.29, 0.717) is 18.8 Å². The summed E-state index contributed by atoms with van der Waals surface area (Å²) in [6, 6.07) is 0. The van der Waals surface area contributed by atoms with Gasteiger partial charge in [-0.25, -0.2) is 4.68 Å². The third-order valence-electron chi connectivity index (χ3n) is 3.40. The van der Waals surface area contributed by atoms with Crippen molar-refractivity contribution in [3.05, 3.63) is 6.33 Å². The minimum Gasteiger partial charge on any atom is -0.481 e. The lowest BCUT2D eigenvalue weighted by molar-refractivity contribution is -0.145. The van der Waals surface area contributed by atoms with Crippen LogP contribution in [0.5, 0.6) is 0 Å². The average molecular weight is 252 g/mol. The molecule has 0 aliphatic heterocycles. The Morgan fingerprint density at radius 3 is 2.67 bits per heavy atom. The topological polar surface area (TPSA) is 97.1 Å². The minimum atomic E-state index is -0.905. The zero-order valence-corrected chi connectivity index (χ0v) is 10.3. The second-order valence-corrected chi connectivity index (χ2v) is 4.82. The number of aryl methyl sites for hydroxylation is 1. The van der Waals surface area contributed by atoms with Gasteiger partial charge in [-0.3, -0.25) is 14.9 Å². The standard InChI is InChI=1S/C11H16N4O3/c1-6-3-7(8(4-6)10(17)18)9(16)14-11-12-5-13-15(11)2/h5-8H,3-4H2,1-2H3,(H,17,18)(H,12,13,14,16). The second-order valence-electron chi connectivity index (χ2n) is 4.82. The van der Waals surface area contributed by atoms with Gasteiger partial charge in [0, 0.05) is 7.05 Å². The molecule has 2 N–H and O–H groups in total. The Labute approximate surface area is 104 Å². The zero-order valence-electron chi connectivity index (χ0n) is 10.3. The number of carboxylic acid groups (broad SMARTS) is 1. The third-order valence-corrected chi connectivity index (χ3v) is 3.40. The van der Waals surface area contributed by atoms with Crippen molar-refractivity contribution >= 4 is 17.8 Å². The number of aromatic nitrogens is 3. The van der Waals surface area contributed by atoms with Gasteiger partial charge >= 0.3 is 5.97 Å². The summed E-state index contributed by atoms with van der Waals surface area (Å²) in [6.45, 7) is 1.96. The number of anilines is 1. The summed E-state index contributed by atoms with van der Waals surface area (Å²) < 4.78 is 1.44. The third kappa shape index (κ3) is 2.34. The fraction of sp³-hybridized carbons (Fsp3) is 0.636. The quantitative estimate of drug-likeness (QED) is 0.816. The van der Waals surface area contributed by atoms with E-state index in [4.69, 9.17) is 5.11 Å². The Bertz CT molecular complexity index is 471. The first-order chi connectivity index (χ1) is 8.49. The first-order valence-corrected chi connectivity index (χ1v) is 5.86. The number of nitrogens with zero attached hydrogens (tertiary/aromatic N) is 3. The molecule has 98 valence electrons. The van der Waals surface area contributed by atoms with Gasteiger partial charge in [-0.05, 0) is 18.8 Å². The number of amides is 1. The second kappa shape index (κ2) is 4.75. The van der Waals surface area contributed by atoms with Gasteiger partial charge in [-0.1, -0.05) is 6.92 Å². The summed E-state index contributed by atoms with van der Waals surface area (Å²) in [7, 11) is 1.66. The van der Waals surface area contributed by atoms with Crippen molar-refractivity contribution in [3.8, 4) is 0 Å². The maximum absolute atomic E-state index is 12.1. The SMILES string of the molecule is CC1CC(C(=O)O)C(C(=O)Nc2ncnn2C)C1. The molecule has 3 atom stereocenters. The van der Waals surface area contributed by atoms with Crippen LogP contribution >= 0.6 is 0 Å². The molecule has 0 saturated heterocycles. The van der Waals surface area contributed by atoms with Crippen molar-refractivity contribution in [2.75, 3.05) is 5.32 Å². The van der Waals surface area contributed by atoms with E-state index in [1.54, 1.807) is 7.05 Å². The van der Waals surface area contributed by atoms with Crippen LogP contribution in [0.1, 0.15) is 19.8 Å². The Hall–Kier alpha value is -1.92. The first-order valence-electron chi connectivity index (χ1n) is 5.86. The van der Waals surface area contributed by atoms with Crippen molar-refractivity contribution in [2.24, 2.45) is 24.8 Å². The fourth-order valence-corrected chi connectivity index (χ4v) is 2.47. The molecule has 0 aromatic carbocycles. The summed E-state index contributed by atoms with van der Waals surface area (Å²) in [5.41, 5.74) is 0. The van der Waals surface area contributed by atoms with Gasteiger partial charge in [-0.15, -0.1) is 0 Å². The minimum absolute atomic E-state index is 0.251. The number of rotatable bonds is 3. The highest BCUT2D eigenvalue weighted by Crippen LogP contribution is 2.36. The Balaban J connectivity index is 2.09. The molecule has 1 fully saturated rings. The maximum atomic E-state index is 12.1. The molecule has 0 bridgehead atoms. The maximum Gasteiger partial charge on any atom is 0.307 e. The molecular formula is C11H16N4O3. The number of hydrogen-bond donors (Lipinski definition) is 2. The lowest BCUT2D eigenvalue weighted by Gasteiger charge is -2.14. The Morgan fingerprint density at radius 1 is 1.44 bits per heavy atom. The number of carboxylic acids is 1. The number of carbonyl (C=O) groups excluding carboxylic acids is 1. The summed E-state index contributed by atoms with van der Waals surface area (Å²) >= 11 is 0. The zero-order chi connectivity index (χ0) is 13.3. The van der Waals surface area contributed by atoms with Crippen LogP contribution in [0.3, 0.4) is 0 Å². The van der Waals surface area contributed by atoms with Gasteiger partial charge in [0.2, 0.25) is 11.9 Å². The van der Waals surface area contributed by atoms with Gasteiger partial charge < -0.3 is 5.11 Å². The molecule has 1 amide bonds. The molecule has 3 unspecified atom stereocenters. The van der Waals surface area contributed by atoms with Gasteiger partial charge in [0.1, 0.15) is 6.33 Å². The van der Waals surface area contributed by atoms with Crippen molar-refractivity contribution in [2.45, 2.75) is 19.8 Å². The summed E-state index contributed by atoms with van der Waals surface area (Å²) in [4.78, 5) is 27.1. The van der Waals surface area contributed by atoms with Crippen LogP contribution in [0.4, 0.5) is 5.95 Å². The van der Waals surface area contributed by atoms with Crippen LogP contribution in [0.15, 0.2) is 6.33 Å². The van der Waals surface area contributed by atoms with Crippen molar-refractivity contribution < 1.29 is 14.7 Å². The summed E-state index contributed by atoms with van der Waals surface area (Å²) in [5, 5.41) is 15.6. The molecule has 1 heterocycles. The van der Waals surface area contributed by atoms with Crippen LogP contribution < -0.4 is 5.32 Å². The lowest BCUT2D eigenvalue weighted by atomic mass is 9.95. The molecule has 1 aromatic heterocycles. The van der Waals surface area contributed by atoms with Crippen molar-refractivity contribution in [1.82, 2.24) is 14.8 Å². The molecule has 1 aromatic rings. The first kappa shape index (κ1) is 12.5. The molecule has 2 rings (SSSR count). The van der Waals surface area contributed by atoms with Crippen molar-refractivity contribution in [3.63, 3.8) is 0 Å². The molecule has 18 heavy (non-hydrogen) atoms. The number of aliphatic carboxylic acids is 1. The van der Waals surface area contributed by atoms with Crippen LogP contribution in [0.2, 0.25) is 0 Å². The van der Waals surface area contributed by atoms with E-state index in [9.17, 15) is 9.59 Å². The van der Waals surface area contributed by atoms with Gasteiger partial charge in [0.15, 0.2) is 0 Å². The highest BCUT2D eigenvalue weighted by atomic mass is 16.4. The number of nitrogens with one attached hydrogen (secondary N) is 1. The summed E-state index contributed by atoms with van der Waals surface area (Å²) in [6.07, 6.45) is 2.48. The van der Waals surface area contributed by atoms with Crippen LogP contribution in [-0.4, -0.2) is 31.7 Å². The summed E-state index contributed by atoms with van der Waals surface area (Å²) in [5.74, 6) is -1.70. The predicted octanol–water partition coefficient (Wildman–Crippen LogP) is 0.500. The molecule has 1 aliphatic rings. The van der Waals surface area contributed by atoms with Gasteiger partial charge in [0.25, 0.3) is 0 Å². The highest BCUT2D eigenvalue weighted by molar-refractivity contribution is 5.94. The van der Waals surface area contributed by atoms with E-state index in [-0.39, 0.29) is 11.8 Å². The van der Waals surface area contributed by atoms with Gasteiger partial charge in [0.05, 0.1) is 11.8 Å². The fourth-order valence-electron chi connectivity index (χ4n) is 2.47. The van der Waals surface area contributed by atoms with Crippen LogP contribution in [-0.2, 0) is 16.6 Å². The molecule has 1 aliphatic carbocycles. The van der Waals surface area contributed by atoms with E-state index in [0.717, 1.165) is 0 Å². The van der Waals surface area contributed by atoms with E-state index in [1.165, 1.54) is 11.0 Å². The average Bonchev–Trinajstić information content (AvgIpc) is 2.86. The van der Waals surface area contributed by atoms with E-state index < -0.39 is 17.8 Å². The molecule has 7 nitrogen and oxygen atoms in total. The Morgan fingerprint density at radius 2 is 2.11 bits per heavy atom. The van der Waals surface area contributed by atoms with Crippen molar-refractivity contribution in [1.29, 1.82) is 0 Å². The van der Waals surface area contributed by atoms with E-state index >= 15 is 0 Å². The molecule has 1 saturated carbocycles. The van der Waals surface area contributed by atoms with E-state index in [2.05, 4.69) is 15.4 Å². The van der Waals surface area contributed by atoms with Crippen LogP contribution in [0, 0.1) is 17.8 Å². The largest absolute Gasteiger partial charge is 0.481 e. The van der Waals surface area contributed by atoms with Crippen LogP contribution in [0.25, 0.3) is 0 Å².